The van der Waals surface area contributed by atoms with E-state index in [1.807, 2.05) is 42.5 Å². The number of aromatic nitrogens is 1. The van der Waals surface area contributed by atoms with Crippen molar-refractivity contribution in [2.75, 3.05) is 6.61 Å². The van der Waals surface area contributed by atoms with Gasteiger partial charge < -0.3 is 4.74 Å². The van der Waals surface area contributed by atoms with Gasteiger partial charge in [0, 0.05) is 9.50 Å². The van der Waals surface area contributed by atoms with Crippen molar-refractivity contribution in [3.05, 3.63) is 100 Å². The van der Waals surface area contributed by atoms with Gasteiger partial charge in [-0.2, -0.15) is 0 Å². The molecule has 3 aromatic rings. The van der Waals surface area contributed by atoms with E-state index in [1.165, 1.54) is 11.3 Å². The number of rotatable bonds is 4. The molecule has 4 rings (SSSR count). The van der Waals surface area contributed by atoms with E-state index in [1.54, 1.807) is 30.5 Å². The van der Waals surface area contributed by atoms with Gasteiger partial charge >= 0.3 is 5.97 Å². The van der Waals surface area contributed by atoms with Crippen LogP contribution in [-0.4, -0.2) is 17.1 Å². The predicted molar refractivity (Wildman–Crippen MR) is 126 cm³/mol. The summed E-state index contributed by atoms with van der Waals surface area (Å²) in [6.07, 6.45) is 1.83. The number of nitrogens with zero attached hydrogens (tertiary/aromatic N) is 2. The lowest BCUT2D eigenvalue weighted by molar-refractivity contribution is -0.139. The molecule has 0 spiro atoms. The van der Waals surface area contributed by atoms with Gasteiger partial charge in [-0.25, -0.2) is 9.79 Å². The van der Waals surface area contributed by atoms with Gasteiger partial charge in [-0.05, 0) is 55.3 Å². The van der Waals surface area contributed by atoms with Gasteiger partial charge in [0.1, 0.15) is 0 Å². The van der Waals surface area contributed by atoms with Crippen molar-refractivity contribution in [2.45, 2.75) is 19.9 Å². The van der Waals surface area contributed by atoms with Crippen LogP contribution in [0.4, 0.5) is 0 Å². The molecule has 0 aliphatic carbocycles. The molecule has 2 aromatic carbocycles. The Morgan fingerprint density at radius 2 is 2.03 bits per heavy atom. The van der Waals surface area contributed by atoms with Crippen LogP contribution in [-0.2, 0) is 9.53 Å². The van der Waals surface area contributed by atoms with Gasteiger partial charge in [-0.15, -0.1) is 0 Å². The third kappa shape index (κ3) is 4.31. The first kappa shape index (κ1) is 21.7. The lowest BCUT2D eigenvalue weighted by atomic mass is 9.96. The first-order chi connectivity index (χ1) is 14.9. The summed E-state index contributed by atoms with van der Waals surface area (Å²) in [7, 11) is 0. The van der Waals surface area contributed by atoms with Crippen molar-refractivity contribution in [3.63, 3.8) is 0 Å². The topological polar surface area (TPSA) is 60.7 Å². The molecule has 0 saturated heterocycles. The minimum atomic E-state index is -0.641. The molecular weight excluding hydrogens is 500 g/mol. The third-order valence-electron chi connectivity index (χ3n) is 4.85. The van der Waals surface area contributed by atoms with E-state index in [-0.39, 0.29) is 12.2 Å². The summed E-state index contributed by atoms with van der Waals surface area (Å²) in [5.74, 6) is -0.482. The largest absolute Gasteiger partial charge is 0.463 e. The molecule has 1 aliphatic heterocycles. The molecule has 31 heavy (non-hydrogen) atoms. The zero-order valence-electron chi connectivity index (χ0n) is 16.8. The van der Waals surface area contributed by atoms with Gasteiger partial charge in [-0.3, -0.25) is 9.36 Å². The fourth-order valence-electron chi connectivity index (χ4n) is 3.50. The zero-order valence-corrected chi connectivity index (χ0v) is 19.9. The summed E-state index contributed by atoms with van der Waals surface area (Å²) in [6.45, 7) is 3.75. The SMILES string of the molecule is CCOC(=O)C1=C(C)N=c2s/c(=C\c3cccc(Br)c3)c(=O)n2C1c1ccc(Cl)cc1. The first-order valence-electron chi connectivity index (χ1n) is 9.59. The van der Waals surface area contributed by atoms with Crippen LogP contribution < -0.4 is 14.9 Å². The molecule has 1 unspecified atom stereocenters. The van der Waals surface area contributed by atoms with Crippen LogP contribution in [0.5, 0.6) is 0 Å². The summed E-state index contributed by atoms with van der Waals surface area (Å²) in [6, 6.07) is 14.2. The molecule has 2 heterocycles. The Bertz CT molecular complexity index is 1370. The highest BCUT2D eigenvalue weighted by atomic mass is 79.9. The number of esters is 1. The summed E-state index contributed by atoms with van der Waals surface area (Å²) in [5.41, 5.74) is 2.33. The second-order valence-corrected chi connectivity index (χ2v) is 9.27. The number of fused-ring (bicyclic) bond motifs is 1. The highest BCUT2D eigenvalue weighted by Gasteiger charge is 2.33. The maximum absolute atomic E-state index is 13.5. The Hall–Kier alpha value is -2.48. The summed E-state index contributed by atoms with van der Waals surface area (Å²) in [5, 5.41) is 0.573. The molecule has 0 bridgehead atoms. The normalized spacial score (nSPS) is 16.1. The van der Waals surface area contributed by atoms with Gasteiger partial charge in [0.2, 0.25) is 0 Å². The van der Waals surface area contributed by atoms with Crippen molar-refractivity contribution >= 4 is 50.9 Å². The van der Waals surface area contributed by atoms with Gasteiger partial charge in [0.25, 0.3) is 5.56 Å². The van der Waals surface area contributed by atoms with Crippen molar-refractivity contribution < 1.29 is 9.53 Å². The summed E-state index contributed by atoms with van der Waals surface area (Å²) in [4.78, 5) is 31.4. The van der Waals surface area contributed by atoms with E-state index in [0.29, 0.717) is 25.6 Å². The van der Waals surface area contributed by atoms with E-state index in [9.17, 15) is 9.59 Å². The van der Waals surface area contributed by atoms with Crippen LogP contribution in [0.15, 0.2) is 74.1 Å². The quantitative estimate of drug-likeness (QED) is 0.487. The Labute approximate surface area is 196 Å². The van der Waals surface area contributed by atoms with Crippen LogP contribution >= 0.6 is 38.9 Å². The number of halogens is 2. The van der Waals surface area contributed by atoms with Crippen molar-refractivity contribution in [2.24, 2.45) is 4.99 Å². The van der Waals surface area contributed by atoms with Crippen LogP contribution in [0.3, 0.4) is 0 Å². The fraction of sp³-hybridized carbons (Fsp3) is 0.174. The number of hydrogen-bond acceptors (Lipinski definition) is 5. The highest BCUT2D eigenvalue weighted by Crippen LogP contribution is 2.31. The van der Waals surface area contributed by atoms with E-state index < -0.39 is 12.0 Å². The molecule has 0 saturated carbocycles. The molecule has 1 atom stereocenters. The molecule has 1 aromatic heterocycles. The minimum Gasteiger partial charge on any atom is -0.463 e. The molecule has 8 heteroatoms. The van der Waals surface area contributed by atoms with Gasteiger partial charge in [0.05, 0.1) is 28.5 Å². The molecule has 1 aliphatic rings. The van der Waals surface area contributed by atoms with Crippen LogP contribution in [0.25, 0.3) is 6.08 Å². The Kier molecular flexibility index (Phi) is 6.27. The lowest BCUT2D eigenvalue weighted by Crippen LogP contribution is -2.39. The van der Waals surface area contributed by atoms with E-state index in [0.717, 1.165) is 15.6 Å². The minimum absolute atomic E-state index is 0.210. The number of carbonyl (C=O) groups excluding carboxylic acids is 1. The number of hydrogen-bond donors (Lipinski definition) is 0. The van der Waals surface area contributed by atoms with Gasteiger partial charge in [0.15, 0.2) is 4.80 Å². The molecule has 0 fully saturated rings. The number of thiazole rings is 1. The molecule has 0 N–H and O–H groups in total. The average Bonchev–Trinajstić information content (AvgIpc) is 3.02. The smallest absolute Gasteiger partial charge is 0.338 e. The van der Waals surface area contributed by atoms with Crippen molar-refractivity contribution in [1.82, 2.24) is 4.57 Å². The highest BCUT2D eigenvalue weighted by molar-refractivity contribution is 9.10. The van der Waals surface area contributed by atoms with E-state index in [4.69, 9.17) is 16.3 Å². The average molecular weight is 518 g/mol. The number of allylic oxidation sites excluding steroid dienone is 1. The van der Waals surface area contributed by atoms with E-state index >= 15 is 0 Å². The van der Waals surface area contributed by atoms with Crippen molar-refractivity contribution in [3.8, 4) is 0 Å². The fourth-order valence-corrected chi connectivity index (χ4v) is 5.09. The van der Waals surface area contributed by atoms with E-state index in [2.05, 4.69) is 20.9 Å². The zero-order chi connectivity index (χ0) is 22.1. The first-order valence-corrected chi connectivity index (χ1v) is 11.6. The Balaban J connectivity index is 1.96. The maximum Gasteiger partial charge on any atom is 0.338 e. The van der Waals surface area contributed by atoms with Gasteiger partial charge in [-0.1, -0.05) is 63.1 Å². The second-order valence-electron chi connectivity index (χ2n) is 6.91. The molecule has 0 amide bonds. The number of benzene rings is 2. The molecule has 158 valence electrons. The van der Waals surface area contributed by atoms with Crippen LogP contribution in [0.2, 0.25) is 5.02 Å². The van der Waals surface area contributed by atoms with Crippen molar-refractivity contribution in [1.29, 1.82) is 0 Å². The molecule has 5 nitrogen and oxygen atoms in total. The standard InChI is InChI=1S/C23H18BrClN2O3S/c1-3-30-22(29)19-13(2)26-23-27(20(19)15-7-9-17(25)10-8-15)21(28)18(31-23)12-14-5-4-6-16(24)11-14/h4-12,20H,3H2,1-2H3/b18-12-. The number of carbonyl (C=O) groups is 1. The summed E-state index contributed by atoms with van der Waals surface area (Å²) < 4.78 is 8.32. The lowest BCUT2D eigenvalue weighted by Gasteiger charge is -2.24. The second kappa shape index (κ2) is 8.94. The maximum atomic E-state index is 13.5. The van der Waals surface area contributed by atoms with Crippen LogP contribution in [0, 0.1) is 0 Å². The monoisotopic (exact) mass is 516 g/mol. The third-order valence-corrected chi connectivity index (χ3v) is 6.58. The Morgan fingerprint density at radius 1 is 1.29 bits per heavy atom. The summed E-state index contributed by atoms with van der Waals surface area (Å²) >= 11 is 10.8. The number of ether oxygens (including phenoxy) is 1. The molecular formula is C23H18BrClN2O3S. The Morgan fingerprint density at radius 3 is 2.71 bits per heavy atom. The van der Waals surface area contributed by atoms with Crippen LogP contribution in [0.1, 0.15) is 31.0 Å². The molecule has 0 radical (unpaired) electrons. The predicted octanol–water partition coefficient (Wildman–Crippen LogP) is 4.21.